The van der Waals surface area contributed by atoms with Crippen molar-refractivity contribution in [3.05, 3.63) is 115 Å². The molecule has 0 saturated heterocycles. The van der Waals surface area contributed by atoms with E-state index in [4.69, 9.17) is 0 Å². The SMILES string of the molecule is c1ccc2c(c1)cc1c3ccccc3n3c4ccc(-c5ccc6[nH]c7ccccc7c6c5)cc4c2c13. The molecule has 0 amide bonds. The predicted octanol–water partition coefficient (Wildman–Crippen LogP) is 9.29. The number of H-pyrrole nitrogens is 1. The van der Waals surface area contributed by atoms with E-state index in [2.05, 4.69) is 125 Å². The highest BCUT2D eigenvalue weighted by atomic mass is 14.9. The van der Waals surface area contributed by atoms with E-state index in [1.54, 1.807) is 0 Å². The van der Waals surface area contributed by atoms with Crippen LogP contribution in [0.25, 0.3) is 81.8 Å². The van der Waals surface area contributed by atoms with Gasteiger partial charge in [-0.15, -0.1) is 0 Å². The van der Waals surface area contributed by atoms with Crippen LogP contribution in [0.1, 0.15) is 0 Å². The molecule has 2 heteroatoms. The smallest absolute Gasteiger partial charge is 0.0626 e. The minimum atomic E-state index is 1.18. The van der Waals surface area contributed by atoms with Crippen LogP contribution in [0.2, 0.25) is 0 Å². The lowest BCUT2D eigenvalue weighted by atomic mass is 9.97. The van der Waals surface area contributed by atoms with Crippen LogP contribution in [-0.4, -0.2) is 9.38 Å². The average molecular weight is 457 g/mol. The van der Waals surface area contributed by atoms with Crippen molar-refractivity contribution in [2.24, 2.45) is 0 Å². The van der Waals surface area contributed by atoms with Gasteiger partial charge in [-0.1, -0.05) is 72.8 Å². The zero-order valence-corrected chi connectivity index (χ0v) is 19.4. The van der Waals surface area contributed by atoms with Gasteiger partial charge in [-0.2, -0.15) is 0 Å². The predicted molar refractivity (Wildman–Crippen MR) is 153 cm³/mol. The van der Waals surface area contributed by atoms with Crippen LogP contribution in [0.4, 0.5) is 0 Å². The topological polar surface area (TPSA) is 20.2 Å². The van der Waals surface area contributed by atoms with Gasteiger partial charge in [0, 0.05) is 43.4 Å². The maximum absolute atomic E-state index is 3.55. The Hall–Kier alpha value is -4.82. The summed E-state index contributed by atoms with van der Waals surface area (Å²) in [6.45, 7) is 0. The molecule has 0 saturated carbocycles. The molecule has 0 fully saturated rings. The molecule has 2 nitrogen and oxygen atoms in total. The molecule has 0 aliphatic rings. The minimum Gasteiger partial charge on any atom is -0.355 e. The van der Waals surface area contributed by atoms with Gasteiger partial charge in [0.1, 0.15) is 0 Å². The minimum absolute atomic E-state index is 1.18. The third-order valence-electron chi connectivity index (χ3n) is 8.03. The summed E-state index contributed by atoms with van der Waals surface area (Å²) >= 11 is 0. The lowest BCUT2D eigenvalue weighted by Crippen LogP contribution is -1.82. The molecule has 0 bridgehead atoms. The van der Waals surface area contributed by atoms with Crippen molar-refractivity contribution >= 4 is 70.7 Å². The monoisotopic (exact) mass is 456 g/mol. The number of nitrogens with one attached hydrogen (secondary N) is 1. The molecule has 1 N–H and O–H groups in total. The summed E-state index contributed by atoms with van der Waals surface area (Å²) < 4.78 is 2.47. The van der Waals surface area contributed by atoms with E-state index < -0.39 is 0 Å². The summed E-state index contributed by atoms with van der Waals surface area (Å²) in [7, 11) is 0. The van der Waals surface area contributed by atoms with E-state index in [0.29, 0.717) is 0 Å². The first-order valence-corrected chi connectivity index (χ1v) is 12.5. The Morgan fingerprint density at radius 1 is 0.444 bits per heavy atom. The van der Waals surface area contributed by atoms with E-state index in [1.165, 1.54) is 81.8 Å². The van der Waals surface area contributed by atoms with Crippen LogP contribution in [0.3, 0.4) is 0 Å². The number of rotatable bonds is 1. The van der Waals surface area contributed by atoms with E-state index in [0.717, 1.165) is 0 Å². The maximum atomic E-state index is 3.55. The third kappa shape index (κ3) is 2.22. The Morgan fingerprint density at radius 2 is 1.11 bits per heavy atom. The van der Waals surface area contributed by atoms with Gasteiger partial charge in [0.05, 0.1) is 16.6 Å². The van der Waals surface area contributed by atoms with Crippen molar-refractivity contribution in [1.29, 1.82) is 0 Å². The Labute approximate surface area is 206 Å². The van der Waals surface area contributed by atoms with Crippen molar-refractivity contribution in [2.45, 2.75) is 0 Å². The number of fused-ring (bicyclic) bond motifs is 11. The van der Waals surface area contributed by atoms with Crippen LogP contribution in [0.5, 0.6) is 0 Å². The number of hydrogen-bond donors (Lipinski definition) is 1. The Bertz CT molecular complexity index is 2310. The quantitative estimate of drug-likeness (QED) is 0.254. The highest BCUT2D eigenvalue weighted by Gasteiger charge is 2.20. The van der Waals surface area contributed by atoms with Crippen molar-refractivity contribution < 1.29 is 0 Å². The normalized spacial score (nSPS) is 12.4. The Balaban J connectivity index is 1.42. The van der Waals surface area contributed by atoms with Crippen LogP contribution in [0, 0.1) is 0 Å². The molecular weight excluding hydrogens is 436 g/mol. The summed E-state index contributed by atoms with van der Waals surface area (Å²) in [5, 5.41) is 10.5. The van der Waals surface area contributed by atoms with Crippen molar-refractivity contribution in [1.82, 2.24) is 9.38 Å². The lowest BCUT2D eigenvalue weighted by molar-refractivity contribution is 1.37. The first-order chi connectivity index (χ1) is 17.8. The third-order valence-corrected chi connectivity index (χ3v) is 8.03. The van der Waals surface area contributed by atoms with Crippen LogP contribution in [0.15, 0.2) is 115 Å². The van der Waals surface area contributed by atoms with Gasteiger partial charge in [-0.25, -0.2) is 0 Å². The fourth-order valence-electron chi connectivity index (χ4n) is 6.45. The van der Waals surface area contributed by atoms with Crippen LogP contribution < -0.4 is 0 Å². The Morgan fingerprint density at radius 3 is 2.03 bits per heavy atom. The summed E-state index contributed by atoms with van der Waals surface area (Å²) in [4.78, 5) is 3.55. The standard InChI is InChI=1S/C34H20N2/c1-2-8-23-22(7-1)19-27-25-10-4-6-12-31(25)36-32-16-14-21(18-28(32)33(23)34(27)36)20-13-15-30-26(17-20)24-9-3-5-11-29(24)35-30/h1-19,35H. The van der Waals surface area contributed by atoms with Crippen molar-refractivity contribution in [2.75, 3.05) is 0 Å². The lowest BCUT2D eigenvalue weighted by Gasteiger charge is -2.06. The second-order valence-corrected chi connectivity index (χ2v) is 9.88. The van der Waals surface area contributed by atoms with Crippen LogP contribution in [-0.2, 0) is 0 Å². The second kappa shape index (κ2) is 6.44. The molecule has 9 aromatic rings. The molecule has 0 spiro atoms. The number of aromatic amines is 1. The number of para-hydroxylation sites is 2. The number of aromatic nitrogens is 2. The van der Waals surface area contributed by atoms with E-state index in [1.807, 2.05) is 0 Å². The number of benzene rings is 6. The van der Waals surface area contributed by atoms with Gasteiger partial charge in [-0.3, -0.25) is 0 Å². The number of hydrogen-bond acceptors (Lipinski definition) is 0. The first-order valence-electron chi connectivity index (χ1n) is 12.5. The van der Waals surface area contributed by atoms with Gasteiger partial charge >= 0.3 is 0 Å². The van der Waals surface area contributed by atoms with E-state index in [-0.39, 0.29) is 0 Å². The summed E-state index contributed by atoms with van der Waals surface area (Å²) in [5.74, 6) is 0. The van der Waals surface area contributed by atoms with Gasteiger partial charge < -0.3 is 9.38 Å². The van der Waals surface area contributed by atoms with Gasteiger partial charge in [-0.05, 0) is 64.4 Å². The van der Waals surface area contributed by atoms with Crippen molar-refractivity contribution in [3.8, 4) is 11.1 Å². The van der Waals surface area contributed by atoms with E-state index >= 15 is 0 Å². The molecule has 3 heterocycles. The molecule has 0 aliphatic carbocycles. The zero-order chi connectivity index (χ0) is 23.4. The summed E-state index contributed by atoms with van der Waals surface area (Å²) in [5.41, 5.74) is 8.72. The molecule has 9 rings (SSSR count). The largest absolute Gasteiger partial charge is 0.355 e. The molecule has 166 valence electrons. The maximum Gasteiger partial charge on any atom is 0.0626 e. The fraction of sp³-hybridized carbons (Fsp3) is 0. The van der Waals surface area contributed by atoms with Gasteiger partial charge in [0.25, 0.3) is 0 Å². The Kier molecular flexibility index (Phi) is 3.31. The highest BCUT2D eigenvalue weighted by Crippen LogP contribution is 2.44. The molecule has 0 unspecified atom stereocenters. The molecule has 36 heavy (non-hydrogen) atoms. The van der Waals surface area contributed by atoms with E-state index in [9.17, 15) is 0 Å². The average Bonchev–Trinajstić information content (AvgIpc) is 3.58. The van der Waals surface area contributed by atoms with Gasteiger partial charge in [0.2, 0.25) is 0 Å². The molecule has 0 radical (unpaired) electrons. The first kappa shape index (κ1) is 18.5. The molecule has 6 aromatic carbocycles. The molecular formula is C34H20N2. The fourth-order valence-corrected chi connectivity index (χ4v) is 6.45. The summed E-state index contributed by atoms with van der Waals surface area (Å²) in [6, 6.07) is 42.3. The molecule has 3 aromatic heterocycles. The summed E-state index contributed by atoms with van der Waals surface area (Å²) in [6.07, 6.45) is 0. The second-order valence-electron chi connectivity index (χ2n) is 9.88. The van der Waals surface area contributed by atoms with Gasteiger partial charge in [0.15, 0.2) is 0 Å². The molecule has 0 aliphatic heterocycles. The number of nitrogens with zero attached hydrogens (tertiary/aromatic N) is 1. The highest BCUT2D eigenvalue weighted by molar-refractivity contribution is 6.31. The van der Waals surface area contributed by atoms with Crippen molar-refractivity contribution in [3.63, 3.8) is 0 Å². The van der Waals surface area contributed by atoms with Crippen LogP contribution >= 0.6 is 0 Å². The molecule has 0 atom stereocenters. The zero-order valence-electron chi connectivity index (χ0n) is 19.4.